The molecular formula is C23H21Cl2F2N2O3P. The number of amides is 1. The molecule has 1 aromatic heterocycles. The van der Waals surface area contributed by atoms with E-state index < -0.39 is 17.6 Å². The molecule has 1 fully saturated rings. The van der Waals surface area contributed by atoms with Gasteiger partial charge in [-0.05, 0) is 48.4 Å². The van der Waals surface area contributed by atoms with Crippen molar-refractivity contribution in [2.45, 2.75) is 19.0 Å². The van der Waals surface area contributed by atoms with Crippen LogP contribution in [0.25, 0.3) is 10.9 Å². The molecule has 174 valence electrons. The molecule has 0 spiro atoms. The number of aliphatic carboxylic acids is 1. The second-order valence-corrected chi connectivity index (χ2v) is 9.86. The van der Waals surface area contributed by atoms with Gasteiger partial charge in [-0.2, -0.15) is 8.78 Å². The van der Waals surface area contributed by atoms with E-state index in [4.69, 9.17) is 28.3 Å². The number of alkyl halides is 2. The third-order valence-electron chi connectivity index (χ3n) is 6.15. The van der Waals surface area contributed by atoms with Crippen LogP contribution in [0.15, 0.2) is 30.3 Å². The fourth-order valence-electron chi connectivity index (χ4n) is 4.10. The Balaban J connectivity index is 1.69. The number of carboxylic acid groups (broad SMARTS) is 1. The number of fused-ring (bicyclic) bond motifs is 1. The molecule has 4 rings (SSSR count). The van der Waals surface area contributed by atoms with Crippen molar-refractivity contribution in [3.63, 3.8) is 0 Å². The number of hydrogen-bond donors (Lipinski definition) is 1. The molecule has 1 amide bonds. The molecule has 1 saturated heterocycles. The van der Waals surface area contributed by atoms with E-state index in [1.165, 1.54) is 23.1 Å². The highest BCUT2D eigenvalue weighted by atomic mass is 35.5. The molecule has 1 unspecified atom stereocenters. The smallest absolute Gasteiger partial charge is 0.310 e. The average molecular weight is 513 g/mol. The van der Waals surface area contributed by atoms with Gasteiger partial charge in [-0.3, -0.25) is 9.59 Å². The van der Waals surface area contributed by atoms with Crippen molar-refractivity contribution in [3.05, 3.63) is 68.3 Å². The average Bonchev–Trinajstić information content (AvgIpc) is 2.99. The molecule has 1 atom stereocenters. The molecule has 0 bridgehead atoms. The Labute approximate surface area is 201 Å². The largest absolute Gasteiger partial charge is 0.481 e. The second kappa shape index (κ2) is 8.53. The summed E-state index contributed by atoms with van der Waals surface area (Å²) in [5.74, 6) is -1.86. The van der Waals surface area contributed by atoms with Crippen LogP contribution in [0.5, 0.6) is 0 Å². The van der Waals surface area contributed by atoms with Gasteiger partial charge in [-0.15, -0.1) is 0 Å². The summed E-state index contributed by atoms with van der Waals surface area (Å²) in [6.07, 6.45) is 0.285. The minimum absolute atomic E-state index is 0.0943. The zero-order valence-corrected chi connectivity index (χ0v) is 20.5. The summed E-state index contributed by atoms with van der Waals surface area (Å²) in [6.45, 7) is 2.05. The van der Waals surface area contributed by atoms with Crippen LogP contribution in [0.4, 0.5) is 8.78 Å². The Morgan fingerprint density at radius 1 is 1.21 bits per heavy atom. The number of rotatable bonds is 5. The summed E-state index contributed by atoms with van der Waals surface area (Å²) in [5.41, 5.74) is -0.176. The van der Waals surface area contributed by atoms with Crippen molar-refractivity contribution >= 4 is 55.2 Å². The number of benzene rings is 2. The van der Waals surface area contributed by atoms with Crippen molar-refractivity contribution in [1.82, 2.24) is 9.47 Å². The topological polar surface area (TPSA) is 62.5 Å². The predicted molar refractivity (Wildman–Crippen MR) is 128 cm³/mol. The monoisotopic (exact) mass is 512 g/mol. The number of carbonyl (C=O) groups is 2. The van der Waals surface area contributed by atoms with E-state index in [9.17, 15) is 18.4 Å². The lowest BCUT2D eigenvalue weighted by molar-refractivity contribution is -0.146. The third kappa shape index (κ3) is 4.34. The van der Waals surface area contributed by atoms with E-state index in [1.54, 1.807) is 29.3 Å². The van der Waals surface area contributed by atoms with E-state index in [-0.39, 0.29) is 41.6 Å². The summed E-state index contributed by atoms with van der Waals surface area (Å²) in [5, 5.41) is 10.5. The van der Waals surface area contributed by atoms with E-state index in [2.05, 4.69) is 0 Å². The van der Waals surface area contributed by atoms with Crippen LogP contribution in [0, 0.1) is 12.8 Å². The molecule has 0 aliphatic carbocycles. The normalized spacial score (nSPS) is 14.6. The first kappa shape index (κ1) is 23.9. The van der Waals surface area contributed by atoms with E-state index in [0.717, 1.165) is 16.6 Å². The highest BCUT2D eigenvalue weighted by Gasteiger charge is 2.37. The molecule has 2 aromatic carbocycles. The quantitative estimate of drug-likeness (QED) is 0.461. The zero-order valence-electron chi connectivity index (χ0n) is 17.8. The minimum atomic E-state index is -3.04. The van der Waals surface area contributed by atoms with Crippen LogP contribution in [0.2, 0.25) is 10.0 Å². The number of hydrogen-bond acceptors (Lipinski definition) is 2. The molecule has 33 heavy (non-hydrogen) atoms. The number of aryl methyl sites for hydroxylation is 2. The molecule has 0 saturated carbocycles. The third-order valence-corrected chi connectivity index (χ3v) is 7.26. The summed E-state index contributed by atoms with van der Waals surface area (Å²) in [7, 11) is 3.34. The molecule has 0 radical (unpaired) electrons. The first-order chi connectivity index (χ1) is 15.4. The molecule has 1 aliphatic rings. The highest BCUT2D eigenvalue weighted by molar-refractivity contribution is 7.17. The van der Waals surface area contributed by atoms with Crippen molar-refractivity contribution in [2.75, 3.05) is 13.1 Å². The molecule has 5 nitrogen and oxygen atoms in total. The van der Waals surface area contributed by atoms with Gasteiger partial charge in [0.1, 0.15) is 0 Å². The van der Waals surface area contributed by atoms with E-state index >= 15 is 0 Å². The summed E-state index contributed by atoms with van der Waals surface area (Å²) in [6, 6.07) is 7.96. The van der Waals surface area contributed by atoms with Crippen LogP contribution in [0.1, 0.15) is 32.7 Å². The maximum Gasteiger partial charge on any atom is 0.310 e. The Bertz CT molecular complexity index is 1300. The molecule has 1 aliphatic heterocycles. The summed E-state index contributed by atoms with van der Waals surface area (Å²) >= 11 is 13.0. The van der Waals surface area contributed by atoms with Gasteiger partial charge in [-0.25, -0.2) is 0 Å². The Hall–Kier alpha value is -2.21. The number of nitrogens with zero attached hydrogens (tertiary/aromatic N) is 2. The van der Waals surface area contributed by atoms with Gasteiger partial charge < -0.3 is 14.6 Å². The molecule has 10 heteroatoms. The number of carbonyl (C=O) groups excluding carboxylic acids is 1. The zero-order chi connectivity index (χ0) is 24.2. The van der Waals surface area contributed by atoms with Crippen LogP contribution in [0.3, 0.4) is 0 Å². The Kier molecular flexibility index (Phi) is 6.19. The molecule has 2 heterocycles. The number of aromatic nitrogens is 1. The lowest BCUT2D eigenvalue weighted by Gasteiger charge is -2.36. The van der Waals surface area contributed by atoms with Gasteiger partial charge in [0.25, 0.3) is 11.6 Å². The van der Waals surface area contributed by atoms with Gasteiger partial charge in [0, 0.05) is 53.7 Å². The van der Waals surface area contributed by atoms with Crippen molar-refractivity contribution < 1.29 is 23.5 Å². The lowest BCUT2D eigenvalue weighted by Crippen LogP contribution is -2.53. The van der Waals surface area contributed by atoms with Crippen LogP contribution in [-0.2, 0) is 23.9 Å². The van der Waals surface area contributed by atoms with E-state index in [0.29, 0.717) is 16.1 Å². The minimum Gasteiger partial charge on any atom is -0.481 e. The standard InChI is InChI=1S/C23H21Cl2F2N2O3P/c1-11-5-13(23(26,27)33)6-19-16(11)7-14(28(19)2)8-17-18(24)4-3-15(20(17)25)21(30)29-9-12(10-29)22(31)32/h3-7,12H,8-10,33H2,1-2H3,(H,31,32). The van der Waals surface area contributed by atoms with Gasteiger partial charge in [0.2, 0.25) is 0 Å². The van der Waals surface area contributed by atoms with E-state index in [1.807, 2.05) is 10.6 Å². The first-order valence-corrected chi connectivity index (χ1v) is 11.5. The Morgan fingerprint density at radius 2 is 1.88 bits per heavy atom. The maximum atomic E-state index is 13.9. The summed E-state index contributed by atoms with van der Waals surface area (Å²) in [4.78, 5) is 25.3. The van der Waals surface area contributed by atoms with Gasteiger partial charge >= 0.3 is 5.97 Å². The fraction of sp³-hybridized carbons (Fsp3) is 0.304. The number of halogens is 4. The van der Waals surface area contributed by atoms with Gasteiger partial charge in [0.15, 0.2) is 0 Å². The predicted octanol–water partition coefficient (Wildman–Crippen LogP) is 5.47. The molecule has 3 aromatic rings. The van der Waals surface area contributed by atoms with Gasteiger partial charge in [-0.1, -0.05) is 32.4 Å². The lowest BCUT2D eigenvalue weighted by atomic mass is 9.98. The SMILES string of the molecule is Cc1cc(C(F)(F)P)cc2c1cc(Cc1c(Cl)ccc(C(=O)N3CC(C(=O)O)C3)c1Cl)n2C. The van der Waals surface area contributed by atoms with Crippen LogP contribution < -0.4 is 0 Å². The van der Waals surface area contributed by atoms with Crippen LogP contribution >= 0.6 is 32.4 Å². The number of likely N-dealkylation sites (tertiary alicyclic amines) is 1. The summed E-state index contributed by atoms with van der Waals surface area (Å²) < 4.78 is 29.6. The molecule has 1 N–H and O–H groups in total. The van der Waals surface area contributed by atoms with Crippen molar-refractivity contribution in [3.8, 4) is 0 Å². The van der Waals surface area contributed by atoms with Crippen molar-refractivity contribution in [2.24, 2.45) is 13.0 Å². The highest BCUT2D eigenvalue weighted by Crippen LogP contribution is 2.39. The Morgan fingerprint density at radius 3 is 2.48 bits per heavy atom. The van der Waals surface area contributed by atoms with Gasteiger partial charge in [0.05, 0.1) is 16.5 Å². The van der Waals surface area contributed by atoms with Crippen molar-refractivity contribution in [1.29, 1.82) is 0 Å². The second-order valence-electron chi connectivity index (χ2n) is 8.35. The first-order valence-electron chi connectivity index (χ1n) is 10.1. The fourth-order valence-corrected chi connectivity index (χ4v) is 4.85. The molecular weight excluding hydrogens is 492 g/mol. The number of carboxylic acids is 1. The maximum absolute atomic E-state index is 13.9. The van der Waals surface area contributed by atoms with Crippen LogP contribution in [-0.4, -0.2) is 39.5 Å².